The van der Waals surface area contributed by atoms with Gasteiger partial charge < -0.3 is 10.4 Å². The molecular formula is C14H20N4O2. The van der Waals surface area contributed by atoms with Crippen molar-refractivity contribution in [2.24, 2.45) is 5.92 Å². The van der Waals surface area contributed by atoms with Gasteiger partial charge in [0.25, 0.3) is 5.91 Å². The number of amides is 1. The third kappa shape index (κ3) is 3.14. The Kier molecular flexibility index (Phi) is 4.34. The van der Waals surface area contributed by atoms with Crippen LogP contribution in [0.1, 0.15) is 31.1 Å². The minimum absolute atomic E-state index is 0.0895. The van der Waals surface area contributed by atoms with Crippen LogP contribution in [-0.4, -0.2) is 38.4 Å². The van der Waals surface area contributed by atoms with Gasteiger partial charge in [0.2, 0.25) is 0 Å². The van der Waals surface area contributed by atoms with Gasteiger partial charge in [0.1, 0.15) is 0 Å². The van der Waals surface area contributed by atoms with Crippen LogP contribution < -0.4 is 5.32 Å². The summed E-state index contributed by atoms with van der Waals surface area (Å²) in [5.41, 5.74) is 1.26. The highest BCUT2D eigenvalue weighted by Crippen LogP contribution is 2.14. The molecule has 2 N–H and O–H groups in total. The van der Waals surface area contributed by atoms with Crippen LogP contribution >= 0.6 is 0 Å². The number of fused-ring (bicyclic) bond motifs is 1. The number of nitrogens with zero attached hydrogens (tertiary/aromatic N) is 3. The minimum Gasteiger partial charge on any atom is -0.394 e. The van der Waals surface area contributed by atoms with Gasteiger partial charge in [-0.15, -0.1) is 0 Å². The van der Waals surface area contributed by atoms with E-state index in [1.54, 1.807) is 25.4 Å². The topological polar surface area (TPSA) is 80.0 Å². The zero-order valence-electron chi connectivity index (χ0n) is 12.0. The standard InChI is InChI=1S/C14H20N4O2/c1-9(2)7-18-13-11(6-16-18)4-12(5-15-13)14(20)17-10(3)8-19/h4-6,9-10,19H,7-8H2,1-3H3,(H,17,20). The molecule has 0 saturated heterocycles. The summed E-state index contributed by atoms with van der Waals surface area (Å²) in [6.45, 7) is 6.68. The van der Waals surface area contributed by atoms with Crippen molar-refractivity contribution in [2.75, 3.05) is 6.61 Å². The van der Waals surface area contributed by atoms with Crippen LogP contribution in [0.4, 0.5) is 0 Å². The van der Waals surface area contributed by atoms with E-state index in [-0.39, 0.29) is 18.6 Å². The lowest BCUT2D eigenvalue weighted by Gasteiger charge is -2.10. The first-order chi connectivity index (χ1) is 9.51. The fraction of sp³-hybridized carbons (Fsp3) is 0.500. The van der Waals surface area contributed by atoms with Crippen LogP contribution in [0.25, 0.3) is 11.0 Å². The molecule has 0 aromatic carbocycles. The molecule has 108 valence electrons. The number of nitrogens with one attached hydrogen (secondary N) is 1. The third-order valence-electron chi connectivity index (χ3n) is 2.93. The highest BCUT2D eigenvalue weighted by molar-refractivity contribution is 5.96. The van der Waals surface area contributed by atoms with Gasteiger partial charge in [-0.1, -0.05) is 13.8 Å². The first-order valence-corrected chi connectivity index (χ1v) is 6.74. The van der Waals surface area contributed by atoms with Gasteiger partial charge in [-0.25, -0.2) is 9.67 Å². The Balaban J connectivity index is 2.24. The second-order valence-electron chi connectivity index (χ2n) is 5.41. The highest BCUT2D eigenvalue weighted by atomic mass is 16.3. The molecule has 2 aromatic rings. The first-order valence-electron chi connectivity index (χ1n) is 6.74. The summed E-state index contributed by atoms with van der Waals surface area (Å²) in [6, 6.07) is 1.49. The molecule has 1 unspecified atom stereocenters. The molecule has 2 rings (SSSR count). The number of carbonyl (C=O) groups is 1. The summed E-state index contributed by atoms with van der Waals surface area (Å²) in [4.78, 5) is 16.3. The maximum atomic E-state index is 12.0. The molecule has 0 saturated carbocycles. The number of hydrogen-bond donors (Lipinski definition) is 2. The van der Waals surface area contributed by atoms with Gasteiger partial charge in [-0.2, -0.15) is 5.10 Å². The van der Waals surface area contributed by atoms with E-state index in [0.717, 1.165) is 17.6 Å². The van der Waals surface area contributed by atoms with E-state index in [4.69, 9.17) is 5.11 Å². The SMILES string of the molecule is CC(C)Cn1ncc2cc(C(=O)NC(C)CO)cnc21. The quantitative estimate of drug-likeness (QED) is 0.860. The molecule has 0 aliphatic rings. The average Bonchev–Trinajstić information content (AvgIpc) is 2.80. The molecule has 2 heterocycles. The zero-order valence-corrected chi connectivity index (χ0v) is 12.0. The molecule has 2 aromatic heterocycles. The lowest BCUT2D eigenvalue weighted by atomic mass is 10.2. The summed E-state index contributed by atoms with van der Waals surface area (Å²) in [7, 11) is 0. The molecule has 0 aliphatic carbocycles. The molecule has 0 aliphatic heterocycles. The van der Waals surface area contributed by atoms with E-state index in [2.05, 4.69) is 29.2 Å². The van der Waals surface area contributed by atoms with E-state index in [0.29, 0.717) is 11.5 Å². The number of pyridine rings is 1. The Labute approximate surface area is 117 Å². The summed E-state index contributed by atoms with van der Waals surface area (Å²) in [5, 5.41) is 16.8. The van der Waals surface area contributed by atoms with Crippen molar-refractivity contribution in [3.05, 3.63) is 24.0 Å². The van der Waals surface area contributed by atoms with Crippen LogP contribution in [0.2, 0.25) is 0 Å². The van der Waals surface area contributed by atoms with Crippen LogP contribution in [0.15, 0.2) is 18.5 Å². The van der Waals surface area contributed by atoms with Gasteiger partial charge in [0.05, 0.1) is 18.4 Å². The maximum Gasteiger partial charge on any atom is 0.253 e. The van der Waals surface area contributed by atoms with Crippen LogP contribution in [-0.2, 0) is 6.54 Å². The van der Waals surface area contributed by atoms with E-state index in [1.165, 1.54) is 0 Å². The summed E-state index contributed by atoms with van der Waals surface area (Å²) in [6.07, 6.45) is 3.26. The summed E-state index contributed by atoms with van der Waals surface area (Å²) in [5.74, 6) is 0.242. The van der Waals surface area contributed by atoms with Crippen molar-refractivity contribution >= 4 is 16.9 Å². The lowest BCUT2D eigenvalue weighted by Crippen LogP contribution is -2.35. The number of aliphatic hydroxyl groups is 1. The van der Waals surface area contributed by atoms with E-state index >= 15 is 0 Å². The Bertz CT molecular complexity index is 606. The number of hydrogen-bond acceptors (Lipinski definition) is 4. The van der Waals surface area contributed by atoms with Gasteiger partial charge >= 0.3 is 0 Å². The maximum absolute atomic E-state index is 12.0. The highest BCUT2D eigenvalue weighted by Gasteiger charge is 2.12. The first kappa shape index (κ1) is 14.5. The number of carbonyl (C=O) groups excluding carboxylic acids is 1. The molecule has 1 atom stereocenters. The summed E-state index contributed by atoms with van der Waals surface area (Å²) < 4.78 is 1.85. The Morgan fingerprint density at radius 3 is 2.80 bits per heavy atom. The Hall–Kier alpha value is -1.95. The van der Waals surface area contributed by atoms with E-state index in [9.17, 15) is 4.79 Å². The average molecular weight is 276 g/mol. The Morgan fingerprint density at radius 2 is 2.15 bits per heavy atom. The van der Waals surface area contributed by atoms with Crippen molar-refractivity contribution in [1.29, 1.82) is 0 Å². The third-order valence-corrected chi connectivity index (χ3v) is 2.93. The monoisotopic (exact) mass is 276 g/mol. The van der Waals surface area contributed by atoms with Crippen LogP contribution in [0.5, 0.6) is 0 Å². The molecule has 0 fully saturated rings. The molecule has 0 radical (unpaired) electrons. The van der Waals surface area contributed by atoms with Crippen molar-refractivity contribution < 1.29 is 9.90 Å². The van der Waals surface area contributed by atoms with Gasteiger partial charge in [-0.3, -0.25) is 4.79 Å². The summed E-state index contributed by atoms with van der Waals surface area (Å²) >= 11 is 0. The van der Waals surface area contributed by atoms with Crippen LogP contribution in [0.3, 0.4) is 0 Å². The molecule has 0 bridgehead atoms. The number of rotatable bonds is 5. The van der Waals surface area contributed by atoms with Crippen molar-refractivity contribution in [1.82, 2.24) is 20.1 Å². The van der Waals surface area contributed by atoms with Crippen molar-refractivity contribution in [3.8, 4) is 0 Å². The molecule has 6 nitrogen and oxygen atoms in total. The van der Waals surface area contributed by atoms with Crippen molar-refractivity contribution in [2.45, 2.75) is 33.4 Å². The fourth-order valence-electron chi connectivity index (χ4n) is 1.93. The molecule has 6 heteroatoms. The van der Waals surface area contributed by atoms with Crippen LogP contribution in [0, 0.1) is 5.92 Å². The smallest absolute Gasteiger partial charge is 0.253 e. The fourth-order valence-corrected chi connectivity index (χ4v) is 1.93. The van der Waals surface area contributed by atoms with E-state index in [1.807, 2.05) is 4.68 Å². The van der Waals surface area contributed by atoms with Gasteiger partial charge in [-0.05, 0) is 18.9 Å². The van der Waals surface area contributed by atoms with Gasteiger partial charge in [0.15, 0.2) is 5.65 Å². The second-order valence-corrected chi connectivity index (χ2v) is 5.41. The zero-order chi connectivity index (χ0) is 14.7. The number of aliphatic hydroxyl groups excluding tert-OH is 1. The Morgan fingerprint density at radius 1 is 1.40 bits per heavy atom. The van der Waals surface area contributed by atoms with Gasteiger partial charge in [0, 0.05) is 24.2 Å². The normalized spacial score (nSPS) is 12.8. The predicted octanol–water partition coefficient (Wildman–Crippen LogP) is 1.20. The second kappa shape index (κ2) is 6.00. The molecule has 0 spiro atoms. The molecule has 20 heavy (non-hydrogen) atoms. The lowest BCUT2D eigenvalue weighted by molar-refractivity contribution is 0.0922. The largest absolute Gasteiger partial charge is 0.394 e. The molecule has 1 amide bonds. The minimum atomic E-state index is -0.276. The molecular weight excluding hydrogens is 256 g/mol. The number of aromatic nitrogens is 3. The van der Waals surface area contributed by atoms with Crippen molar-refractivity contribution in [3.63, 3.8) is 0 Å². The van der Waals surface area contributed by atoms with E-state index < -0.39 is 0 Å². The predicted molar refractivity (Wildman–Crippen MR) is 76.4 cm³/mol.